The summed E-state index contributed by atoms with van der Waals surface area (Å²) >= 11 is 0. The first-order chi connectivity index (χ1) is 9.61. The maximum absolute atomic E-state index is 12.3. The molecule has 1 atom stereocenters. The molecule has 3 N–H and O–H groups in total. The number of nitrogens with zero attached hydrogens (tertiary/aromatic N) is 1. The summed E-state index contributed by atoms with van der Waals surface area (Å²) in [6.45, 7) is 1.14. The number of fused-ring (bicyclic) bond motifs is 1. The van der Waals surface area contributed by atoms with Crippen molar-refractivity contribution in [1.82, 2.24) is 10.2 Å². The van der Waals surface area contributed by atoms with Gasteiger partial charge in [0, 0.05) is 12.2 Å². The zero-order valence-corrected chi connectivity index (χ0v) is 10.6. The highest BCUT2D eigenvalue weighted by atomic mass is 16.5. The Morgan fingerprint density at radius 3 is 2.80 bits per heavy atom. The van der Waals surface area contributed by atoms with E-state index in [1.165, 1.54) is 12.1 Å². The van der Waals surface area contributed by atoms with Crippen LogP contribution in [-0.4, -0.2) is 48.4 Å². The Labute approximate surface area is 114 Å². The number of anilines is 1. The van der Waals surface area contributed by atoms with Gasteiger partial charge in [0.2, 0.25) is 0 Å². The van der Waals surface area contributed by atoms with E-state index < -0.39 is 23.8 Å². The summed E-state index contributed by atoms with van der Waals surface area (Å²) in [5.74, 6) is -1.90. The summed E-state index contributed by atoms with van der Waals surface area (Å²) in [5.41, 5.74) is 6.18. The van der Waals surface area contributed by atoms with E-state index >= 15 is 0 Å². The lowest BCUT2D eigenvalue weighted by atomic mass is 10.1. The summed E-state index contributed by atoms with van der Waals surface area (Å²) in [6, 6.07) is 3.91. The van der Waals surface area contributed by atoms with Gasteiger partial charge in [0.05, 0.1) is 24.3 Å². The Balaban J connectivity index is 1.93. The van der Waals surface area contributed by atoms with Crippen LogP contribution in [0.1, 0.15) is 20.7 Å². The van der Waals surface area contributed by atoms with E-state index in [9.17, 15) is 14.4 Å². The molecule has 0 bridgehead atoms. The zero-order chi connectivity index (χ0) is 14.3. The highest BCUT2D eigenvalue weighted by Crippen LogP contribution is 2.28. The summed E-state index contributed by atoms with van der Waals surface area (Å²) in [5, 5.41) is 2.93. The van der Waals surface area contributed by atoms with Crippen LogP contribution in [0.4, 0.5) is 5.69 Å². The average molecular weight is 275 g/mol. The van der Waals surface area contributed by atoms with Crippen LogP contribution in [0.15, 0.2) is 18.2 Å². The molecule has 1 fully saturated rings. The number of rotatable bonds is 1. The molecule has 1 aromatic carbocycles. The van der Waals surface area contributed by atoms with Gasteiger partial charge in [-0.05, 0) is 12.1 Å². The van der Waals surface area contributed by atoms with Gasteiger partial charge in [-0.3, -0.25) is 14.4 Å². The van der Waals surface area contributed by atoms with Gasteiger partial charge < -0.3 is 15.8 Å². The van der Waals surface area contributed by atoms with Gasteiger partial charge in [0.25, 0.3) is 17.7 Å². The van der Waals surface area contributed by atoms with Gasteiger partial charge >= 0.3 is 0 Å². The summed E-state index contributed by atoms with van der Waals surface area (Å²) < 4.78 is 5.18. The largest absolute Gasteiger partial charge is 0.398 e. The molecular formula is C13H13N3O4. The predicted octanol–water partition coefficient (Wildman–Crippen LogP) is -0.620. The van der Waals surface area contributed by atoms with E-state index in [1.54, 1.807) is 6.07 Å². The first-order valence-electron chi connectivity index (χ1n) is 6.23. The molecular weight excluding hydrogens is 262 g/mol. The van der Waals surface area contributed by atoms with Crippen molar-refractivity contribution in [1.29, 1.82) is 0 Å². The Bertz CT molecular complexity index is 608. The number of carbonyl (C=O) groups excluding carboxylic acids is 3. The molecule has 1 saturated heterocycles. The summed E-state index contributed by atoms with van der Waals surface area (Å²) in [4.78, 5) is 37.4. The van der Waals surface area contributed by atoms with Gasteiger partial charge in [-0.25, -0.2) is 4.90 Å². The van der Waals surface area contributed by atoms with E-state index in [4.69, 9.17) is 10.5 Å². The predicted molar refractivity (Wildman–Crippen MR) is 69.0 cm³/mol. The van der Waals surface area contributed by atoms with Crippen molar-refractivity contribution in [3.63, 3.8) is 0 Å². The third kappa shape index (κ3) is 1.79. The zero-order valence-electron chi connectivity index (χ0n) is 10.6. The standard InChI is InChI=1S/C13H13N3O4/c14-8-3-1-2-7-10(8)13(19)16(11(7)17)12(18)9-6-20-5-4-15-9/h1-3,9,15H,4-6,14H2. The van der Waals surface area contributed by atoms with Gasteiger partial charge in [0.15, 0.2) is 0 Å². The molecule has 1 unspecified atom stereocenters. The lowest BCUT2D eigenvalue weighted by Crippen LogP contribution is -2.54. The summed E-state index contributed by atoms with van der Waals surface area (Å²) in [6.07, 6.45) is 0. The third-order valence-corrected chi connectivity index (χ3v) is 3.39. The van der Waals surface area contributed by atoms with E-state index in [0.717, 1.165) is 0 Å². The molecule has 2 aliphatic heterocycles. The molecule has 1 aromatic rings. The number of benzene rings is 1. The number of hydrogen-bond acceptors (Lipinski definition) is 6. The molecule has 3 amide bonds. The second kappa shape index (κ2) is 4.69. The highest BCUT2D eigenvalue weighted by Gasteiger charge is 2.43. The van der Waals surface area contributed by atoms with E-state index in [0.29, 0.717) is 18.1 Å². The molecule has 7 nitrogen and oxygen atoms in total. The number of nitrogen functional groups attached to an aromatic ring is 1. The average Bonchev–Trinajstić information content (AvgIpc) is 2.72. The number of imide groups is 3. The van der Waals surface area contributed by atoms with Gasteiger partial charge in [0.1, 0.15) is 6.04 Å². The fourth-order valence-electron chi connectivity index (χ4n) is 2.39. The molecule has 20 heavy (non-hydrogen) atoms. The molecule has 2 aliphatic rings. The molecule has 0 spiro atoms. The highest BCUT2D eigenvalue weighted by molar-refractivity contribution is 6.31. The lowest BCUT2D eigenvalue weighted by Gasteiger charge is -2.25. The first kappa shape index (κ1) is 12.8. The van der Waals surface area contributed by atoms with Crippen LogP contribution < -0.4 is 11.1 Å². The lowest BCUT2D eigenvalue weighted by molar-refractivity contribution is -0.131. The van der Waals surface area contributed by atoms with Crippen molar-refractivity contribution >= 4 is 23.4 Å². The molecule has 0 aromatic heterocycles. The number of nitrogens with two attached hydrogens (primary N) is 1. The van der Waals surface area contributed by atoms with Crippen molar-refractivity contribution in [2.45, 2.75) is 6.04 Å². The molecule has 3 rings (SSSR count). The van der Waals surface area contributed by atoms with E-state index in [-0.39, 0.29) is 23.4 Å². The molecule has 0 radical (unpaired) electrons. The van der Waals surface area contributed by atoms with Crippen molar-refractivity contribution < 1.29 is 19.1 Å². The SMILES string of the molecule is Nc1cccc2c1C(=O)N(C(=O)C1COCCN1)C2=O. The van der Waals surface area contributed by atoms with Crippen LogP contribution in [0.3, 0.4) is 0 Å². The minimum absolute atomic E-state index is 0.0996. The van der Waals surface area contributed by atoms with Crippen LogP contribution in [0, 0.1) is 0 Å². The van der Waals surface area contributed by atoms with Crippen molar-refractivity contribution in [3.05, 3.63) is 29.3 Å². The van der Waals surface area contributed by atoms with Crippen LogP contribution in [0.25, 0.3) is 0 Å². The number of amides is 3. The number of ether oxygens (including phenoxy) is 1. The number of carbonyl (C=O) groups is 3. The van der Waals surface area contributed by atoms with Crippen LogP contribution in [0.5, 0.6) is 0 Å². The van der Waals surface area contributed by atoms with Gasteiger partial charge in [-0.1, -0.05) is 6.07 Å². The monoisotopic (exact) mass is 275 g/mol. The third-order valence-electron chi connectivity index (χ3n) is 3.39. The quantitative estimate of drug-likeness (QED) is 0.523. The second-order valence-corrected chi connectivity index (χ2v) is 4.64. The minimum Gasteiger partial charge on any atom is -0.398 e. The smallest absolute Gasteiger partial charge is 0.270 e. The van der Waals surface area contributed by atoms with Gasteiger partial charge in [-0.2, -0.15) is 0 Å². The fraction of sp³-hybridized carbons (Fsp3) is 0.308. The number of hydrogen-bond donors (Lipinski definition) is 2. The molecule has 0 saturated carbocycles. The Morgan fingerprint density at radius 1 is 1.35 bits per heavy atom. The van der Waals surface area contributed by atoms with Crippen LogP contribution in [0.2, 0.25) is 0 Å². The molecule has 0 aliphatic carbocycles. The minimum atomic E-state index is -0.688. The normalized spacial score (nSPS) is 22.0. The summed E-state index contributed by atoms with van der Waals surface area (Å²) in [7, 11) is 0. The maximum Gasteiger partial charge on any atom is 0.270 e. The Kier molecular flexibility index (Phi) is 3.00. The second-order valence-electron chi connectivity index (χ2n) is 4.64. The van der Waals surface area contributed by atoms with Crippen molar-refractivity contribution in [3.8, 4) is 0 Å². The molecule has 7 heteroatoms. The maximum atomic E-state index is 12.3. The Hall–Kier alpha value is -2.25. The Morgan fingerprint density at radius 2 is 2.15 bits per heavy atom. The molecule has 104 valence electrons. The van der Waals surface area contributed by atoms with Crippen LogP contribution in [-0.2, 0) is 9.53 Å². The number of morpholine rings is 1. The van der Waals surface area contributed by atoms with E-state index in [1.807, 2.05) is 0 Å². The molecule has 2 heterocycles. The van der Waals surface area contributed by atoms with Crippen LogP contribution >= 0.6 is 0 Å². The first-order valence-corrected chi connectivity index (χ1v) is 6.23. The van der Waals surface area contributed by atoms with Crippen molar-refractivity contribution in [2.75, 3.05) is 25.5 Å². The van der Waals surface area contributed by atoms with Crippen molar-refractivity contribution in [2.24, 2.45) is 0 Å². The fourth-order valence-corrected chi connectivity index (χ4v) is 2.39. The van der Waals surface area contributed by atoms with E-state index in [2.05, 4.69) is 5.32 Å². The van der Waals surface area contributed by atoms with Gasteiger partial charge in [-0.15, -0.1) is 0 Å². The topological polar surface area (TPSA) is 102 Å². The number of nitrogens with one attached hydrogen (secondary N) is 1.